The topological polar surface area (TPSA) is 20.3 Å². The van der Waals surface area contributed by atoms with Gasteiger partial charge in [0.1, 0.15) is 0 Å². The van der Waals surface area contributed by atoms with Crippen molar-refractivity contribution < 1.29 is 4.79 Å². The molecule has 0 saturated carbocycles. The molecule has 2 heteroatoms. The molecule has 0 bridgehead atoms. The number of piperidine rings is 1. The van der Waals surface area contributed by atoms with E-state index in [1.54, 1.807) is 6.92 Å². The molecule has 0 unspecified atom stereocenters. The molecule has 1 aliphatic rings. The Morgan fingerprint density at radius 1 is 0.868 bits per heavy atom. The SMILES string of the molecule is C#CCCCCN1CCC(c2ccc(-c3cc(C(C)=O)cc4cc(-c5ccc(C)cc5)ccc34)cc2)CC1. The zero-order valence-electron chi connectivity index (χ0n) is 22.7. The minimum absolute atomic E-state index is 0.0940. The molecule has 4 aromatic rings. The fraction of sp³-hybridized carbons (Fsp3) is 0.306. The number of unbranched alkanes of at least 4 members (excludes halogenated alkanes) is 2. The van der Waals surface area contributed by atoms with Crippen molar-refractivity contribution in [2.24, 2.45) is 0 Å². The van der Waals surface area contributed by atoms with Gasteiger partial charge in [0, 0.05) is 12.0 Å². The van der Waals surface area contributed by atoms with E-state index in [0.717, 1.165) is 48.0 Å². The molecule has 1 heterocycles. The van der Waals surface area contributed by atoms with E-state index < -0.39 is 0 Å². The molecule has 4 aromatic carbocycles. The molecule has 0 spiro atoms. The van der Waals surface area contributed by atoms with E-state index in [2.05, 4.69) is 90.5 Å². The highest BCUT2D eigenvalue weighted by Crippen LogP contribution is 2.35. The summed E-state index contributed by atoms with van der Waals surface area (Å²) in [6, 6.07) is 28.4. The molecule has 1 aliphatic heterocycles. The van der Waals surface area contributed by atoms with Crippen LogP contribution in [-0.4, -0.2) is 30.3 Å². The number of ketones is 1. The maximum absolute atomic E-state index is 12.4. The Kier molecular flexibility index (Phi) is 8.06. The molecule has 0 atom stereocenters. The van der Waals surface area contributed by atoms with Crippen molar-refractivity contribution >= 4 is 16.6 Å². The first-order valence-electron chi connectivity index (χ1n) is 13.9. The molecule has 0 N–H and O–H groups in total. The lowest BCUT2D eigenvalue weighted by Gasteiger charge is -2.32. The fourth-order valence-electron chi connectivity index (χ4n) is 5.72. The predicted octanol–water partition coefficient (Wildman–Crippen LogP) is 8.67. The zero-order valence-corrected chi connectivity index (χ0v) is 22.7. The molecule has 2 nitrogen and oxygen atoms in total. The van der Waals surface area contributed by atoms with Gasteiger partial charge in [-0.05, 0) is 122 Å². The second kappa shape index (κ2) is 11.8. The molecule has 1 fully saturated rings. The van der Waals surface area contributed by atoms with Crippen molar-refractivity contribution in [2.45, 2.75) is 51.9 Å². The average Bonchev–Trinajstić information content (AvgIpc) is 2.95. The molecule has 0 amide bonds. The monoisotopic (exact) mass is 499 g/mol. The lowest BCUT2D eigenvalue weighted by Crippen LogP contribution is -2.33. The third-order valence-electron chi connectivity index (χ3n) is 8.07. The third-order valence-corrected chi connectivity index (χ3v) is 8.07. The third kappa shape index (κ3) is 5.90. The number of hydrogen-bond acceptors (Lipinski definition) is 2. The van der Waals surface area contributed by atoms with Gasteiger partial charge in [0.25, 0.3) is 0 Å². The van der Waals surface area contributed by atoms with Crippen molar-refractivity contribution in [1.82, 2.24) is 4.90 Å². The van der Waals surface area contributed by atoms with E-state index >= 15 is 0 Å². The largest absolute Gasteiger partial charge is 0.303 e. The Balaban J connectivity index is 1.37. The van der Waals surface area contributed by atoms with Gasteiger partial charge in [-0.3, -0.25) is 4.79 Å². The predicted molar refractivity (Wildman–Crippen MR) is 161 cm³/mol. The maximum atomic E-state index is 12.4. The van der Waals surface area contributed by atoms with Gasteiger partial charge in [-0.1, -0.05) is 66.2 Å². The highest BCUT2D eigenvalue weighted by atomic mass is 16.1. The van der Waals surface area contributed by atoms with Gasteiger partial charge in [0.2, 0.25) is 0 Å². The Bertz CT molecular complexity index is 1450. The second-order valence-corrected chi connectivity index (χ2v) is 10.8. The molecule has 5 rings (SSSR count). The molecule has 1 saturated heterocycles. The Hall–Kier alpha value is -3.67. The van der Waals surface area contributed by atoms with Crippen LogP contribution in [0, 0.1) is 19.3 Å². The first kappa shape index (κ1) is 26.0. The summed E-state index contributed by atoms with van der Waals surface area (Å²) in [5.41, 5.74) is 8.08. The summed E-state index contributed by atoms with van der Waals surface area (Å²) in [6.45, 7) is 7.25. The summed E-state index contributed by atoms with van der Waals surface area (Å²) in [6.07, 6.45) is 11.0. The number of Topliss-reactive ketones (excluding diaryl/α,β-unsaturated/α-hetero) is 1. The molecule has 0 aliphatic carbocycles. The molecule has 192 valence electrons. The summed E-state index contributed by atoms with van der Waals surface area (Å²) in [7, 11) is 0. The standard InChI is InChI=1S/C36H37NO/c1-4-5-6-7-20-37-21-18-30(19-22-37)28-12-14-31(15-13-28)36-25-33(27(3)38)24-34-23-32(16-17-35(34)36)29-10-8-26(2)9-11-29/h1,8-17,23-25,30H,5-7,18-22H2,2-3H3. The van der Waals surface area contributed by atoms with Crippen molar-refractivity contribution in [1.29, 1.82) is 0 Å². The van der Waals surface area contributed by atoms with Gasteiger partial charge in [-0.2, -0.15) is 0 Å². The van der Waals surface area contributed by atoms with E-state index in [9.17, 15) is 4.79 Å². The van der Waals surface area contributed by atoms with Gasteiger partial charge in [0.05, 0.1) is 0 Å². The number of fused-ring (bicyclic) bond motifs is 1. The first-order valence-corrected chi connectivity index (χ1v) is 13.9. The number of benzene rings is 4. The highest BCUT2D eigenvalue weighted by molar-refractivity contribution is 6.05. The van der Waals surface area contributed by atoms with Crippen LogP contribution in [0.25, 0.3) is 33.0 Å². The normalized spacial score (nSPS) is 14.4. The number of carbonyl (C=O) groups is 1. The van der Waals surface area contributed by atoms with E-state index in [0.29, 0.717) is 5.92 Å². The van der Waals surface area contributed by atoms with Crippen LogP contribution in [0.3, 0.4) is 0 Å². The van der Waals surface area contributed by atoms with Crippen molar-refractivity contribution in [3.05, 3.63) is 95.6 Å². The summed E-state index contributed by atoms with van der Waals surface area (Å²) >= 11 is 0. The molecular weight excluding hydrogens is 462 g/mol. The quantitative estimate of drug-likeness (QED) is 0.137. The Labute approximate surface area is 227 Å². The summed E-state index contributed by atoms with van der Waals surface area (Å²) in [4.78, 5) is 15.0. The Morgan fingerprint density at radius 2 is 1.55 bits per heavy atom. The second-order valence-electron chi connectivity index (χ2n) is 10.8. The first-order chi connectivity index (χ1) is 18.5. The van der Waals surface area contributed by atoms with Crippen molar-refractivity contribution in [3.8, 4) is 34.6 Å². The highest BCUT2D eigenvalue weighted by Gasteiger charge is 2.20. The van der Waals surface area contributed by atoms with Crippen LogP contribution < -0.4 is 0 Å². The van der Waals surface area contributed by atoms with Gasteiger partial charge >= 0.3 is 0 Å². The lowest BCUT2D eigenvalue weighted by atomic mass is 9.87. The summed E-state index contributed by atoms with van der Waals surface area (Å²) in [5.74, 6) is 3.45. The van der Waals surface area contributed by atoms with Crippen LogP contribution >= 0.6 is 0 Å². The molecule has 0 radical (unpaired) electrons. The summed E-state index contributed by atoms with van der Waals surface area (Å²) in [5, 5.41) is 2.28. The number of likely N-dealkylation sites (tertiary alicyclic amines) is 1. The van der Waals surface area contributed by atoms with Crippen LogP contribution in [0.5, 0.6) is 0 Å². The smallest absolute Gasteiger partial charge is 0.159 e. The minimum atomic E-state index is 0.0940. The van der Waals surface area contributed by atoms with E-state index in [-0.39, 0.29) is 5.78 Å². The number of hydrogen-bond donors (Lipinski definition) is 0. The Morgan fingerprint density at radius 3 is 2.24 bits per heavy atom. The minimum Gasteiger partial charge on any atom is -0.303 e. The number of rotatable bonds is 8. The number of terminal acetylenes is 1. The number of nitrogens with zero attached hydrogens (tertiary/aromatic N) is 1. The van der Waals surface area contributed by atoms with Crippen LogP contribution in [-0.2, 0) is 0 Å². The van der Waals surface area contributed by atoms with Gasteiger partial charge in [0.15, 0.2) is 5.78 Å². The molecule has 0 aromatic heterocycles. The van der Waals surface area contributed by atoms with E-state index in [4.69, 9.17) is 6.42 Å². The number of carbonyl (C=O) groups excluding carboxylic acids is 1. The van der Waals surface area contributed by atoms with Crippen LogP contribution in [0.4, 0.5) is 0 Å². The van der Waals surface area contributed by atoms with Crippen LogP contribution in [0.1, 0.15) is 66.4 Å². The van der Waals surface area contributed by atoms with Crippen LogP contribution in [0.2, 0.25) is 0 Å². The maximum Gasteiger partial charge on any atom is 0.159 e. The van der Waals surface area contributed by atoms with Crippen LogP contribution in [0.15, 0.2) is 78.9 Å². The fourth-order valence-corrected chi connectivity index (χ4v) is 5.72. The lowest BCUT2D eigenvalue weighted by molar-refractivity contribution is 0.101. The van der Waals surface area contributed by atoms with Gasteiger partial charge in [-0.25, -0.2) is 0 Å². The average molecular weight is 500 g/mol. The van der Waals surface area contributed by atoms with Crippen molar-refractivity contribution in [2.75, 3.05) is 19.6 Å². The van der Waals surface area contributed by atoms with Gasteiger partial charge in [-0.15, -0.1) is 12.3 Å². The van der Waals surface area contributed by atoms with Crippen molar-refractivity contribution in [3.63, 3.8) is 0 Å². The summed E-state index contributed by atoms with van der Waals surface area (Å²) < 4.78 is 0. The van der Waals surface area contributed by atoms with Gasteiger partial charge < -0.3 is 4.90 Å². The number of aryl methyl sites for hydroxylation is 1. The molecule has 38 heavy (non-hydrogen) atoms. The molecular formula is C36H37NO. The zero-order chi connectivity index (χ0) is 26.5. The van der Waals surface area contributed by atoms with E-state index in [1.165, 1.54) is 53.4 Å². The van der Waals surface area contributed by atoms with E-state index in [1.807, 2.05) is 6.07 Å².